The highest BCUT2D eigenvalue weighted by Crippen LogP contribution is 2.50. The van der Waals surface area contributed by atoms with Gasteiger partial charge in [0, 0.05) is 0 Å². The van der Waals surface area contributed by atoms with Gasteiger partial charge in [-0.15, -0.1) is 0 Å². The van der Waals surface area contributed by atoms with E-state index in [1.54, 1.807) is 0 Å². The molecule has 0 unspecified atom stereocenters. The lowest BCUT2D eigenvalue weighted by Crippen LogP contribution is -2.36. The Morgan fingerprint density at radius 1 is 1.33 bits per heavy atom. The molecule has 1 heteroatoms. The molecule has 50 valence electrons. The molecule has 1 spiro atoms. The van der Waals surface area contributed by atoms with Crippen molar-refractivity contribution in [1.82, 2.24) is 0 Å². The lowest BCUT2D eigenvalue weighted by molar-refractivity contribution is -0.0296. The fraction of sp³-hybridized carbons (Fsp3) is 0.750. The van der Waals surface area contributed by atoms with Crippen LogP contribution >= 0.6 is 0 Å². The van der Waals surface area contributed by atoms with Gasteiger partial charge in [-0.1, -0.05) is 19.4 Å². The quantitative estimate of drug-likeness (QED) is 0.480. The van der Waals surface area contributed by atoms with Gasteiger partial charge in [0.25, 0.3) is 0 Å². The topological polar surface area (TPSA) is 9.23 Å². The zero-order valence-electron chi connectivity index (χ0n) is 5.65. The number of hydrogen-bond donors (Lipinski definition) is 0. The molecule has 1 aliphatic carbocycles. The summed E-state index contributed by atoms with van der Waals surface area (Å²) in [6.45, 7) is 4.82. The summed E-state index contributed by atoms with van der Waals surface area (Å²) in [5, 5.41) is 0. The van der Waals surface area contributed by atoms with E-state index < -0.39 is 0 Å². The Morgan fingerprint density at radius 3 is 2.22 bits per heavy atom. The lowest BCUT2D eigenvalue weighted by Gasteiger charge is -2.40. The Hall–Kier alpha value is -0.460. The van der Waals surface area contributed by atoms with Crippen LogP contribution in [0.5, 0.6) is 0 Å². The summed E-state index contributed by atoms with van der Waals surface area (Å²) in [5.74, 6) is 1.06. The Balaban J connectivity index is 2.14. The molecule has 1 heterocycles. The van der Waals surface area contributed by atoms with Crippen LogP contribution in [0.15, 0.2) is 12.3 Å². The van der Waals surface area contributed by atoms with Crippen LogP contribution in [-0.2, 0) is 4.74 Å². The van der Waals surface area contributed by atoms with E-state index in [-0.39, 0.29) is 0 Å². The van der Waals surface area contributed by atoms with Crippen molar-refractivity contribution in [2.24, 2.45) is 5.41 Å². The maximum Gasteiger partial charge on any atom is 0.100 e. The predicted molar refractivity (Wildman–Crippen MR) is 36.0 cm³/mol. The predicted octanol–water partition coefficient (Wildman–Crippen LogP) is 2.09. The van der Waals surface area contributed by atoms with Crippen LogP contribution in [0.1, 0.15) is 25.7 Å². The number of ether oxygens (including phenoxy) is 1. The molecule has 0 aromatic rings. The first-order valence-corrected chi connectivity index (χ1v) is 3.66. The molecular weight excluding hydrogens is 112 g/mol. The Labute approximate surface area is 55.7 Å². The van der Waals surface area contributed by atoms with Gasteiger partial charge in [0.1, 0.15) is 6.61 Å². The lowest BCUT2D eigenvalue weighted by atomic mass is 9.81. The summed E-state index contributed by atoms with van der Waals surface area (Å²) in [6, 6.07) is 0. The first-order valence-electron chi connectivity index (χ1n) is 3.66. The minimum atomic E-state index is 0.458. The average molecular weight is 124 g/mol. The smallest absolute Gasteiger partial charge is 0.100 e. The van der Waals surface area contributed by atoms with Crippen LogP contribution in [0.2, 0.25) is 0 Å². The fourth-order valence-corrected chi connectivity index (χ4v) is 1.85. The van der Waals surface area contributed by atoms with Gasteiger partial charge in [0.05, 0.1) is 11.2 Å². The minimum Gasteiger partial charge on any atom is -0.497 e. The van der Waals surface area contributed by atoms with Crippen molar-refractivity contribution in [3.8, 4) is 0 Å². The van der Waals surface area contributed by atoms with Crippen LogP contribution in [-0.4, -0.2) is 6.61 Å². The van der Waals surface area contributed by atoms with Gasteiger partial charge < -0.3 is 4.74 Å². The SMILES string of the molecule is C=C1OCC12CCCC2. The van der Waals surface area contributed by atoms with Gasteiger partial charge in [-0.2, -0.15) is 0 Å². The third-order valence-corrected chi connectivity index (χ3v) is 2.67. The van der Waals surface area contributed by atoms with E-state index in [0.29, 0.717) is 5.41 Å². The van der Waals surface area contributed by atoms with E-state index in [1.807, 2.05) is 0 Å². The molecule has 1 nitrogen and oxygen atoms in total. The summed E-state index contributed by atoms with van der Waals surface area (Å²) in [4.78, 5) is 0. The van der Waals surface area contributed by atoms with E-state index in [0.717, 1.165) is 12.4 Å². The Kier molecular flexibility index (Phi) is 0.904. The van der Waals surface area contributed by atoms with Crippen molar-refractivity contribution < 1.29 is 4.74 Å². The van der Waals surface area contributed by atoms with Gasteiger partial charge in [-0.25, -0.2) is 0 Å². The highest BCUT2D eigenvalue weighted by molar-refractivity contribution is 5.13. The normalized spacial score (nSPS) is 30.0. The van der Waals surface area contributed by atoms with Crippen molar-refractivity contribution in [3.05, 3.63) is 12.3 Å². The second-order valence-electron chi connectivity index (χ2n) is 3.20. The largest absolute Gasteiger partial charge is 0.497 e. The van der Waals surface area contributed by atoms with Crippen LogP contribution in [0, 0.1) is 5.41 Å². The molecular formula is C8H12O. The zero-order valence-corrected chi connectivity index (χ0v) is 5.65. The molecule has 0 bridgehead atoms. The second kappa shape index (κ2) is 1.53. The summed E-state index contributed by atoms with van der Waals surface area (Å²) in [6.07, 6.45) is 5.41. The Bertz CT molecular complexity index is 143. The van der Waals surface area contributed by atoms with Crippen molar-refractivity contribution in [1.29, 1.82) is 0 Å². The molecule has 0 N–H and O–H groups in total. The molecule has 0 radical (unpaired) electrons. The summed E-state index contributed by atoms with van der Waals surface area (Å²) >= 11 is 0. The number of hydrogen-bond acceptors (Lipinski definition) is 1. The third kappa shape index (κ3) is 0.549. The van der Waals surface area contributed by atoms with Gasteiger partial charge in [-0.3, -0.25) is 0 Å². The van der Waals surface area contributed by atoms with Gasteiger partial charge in [-0.05, 0) is 12.8 Å². The van der Waals surface area contributed by atoms with Gasteiger partial charge in [0.15, 0.2) is 0 Å². The molecule has 1 saturated heterocycles. The molecule has 0 aromatic carbocycles. The van der Waals surface area contributed by atoms with Crippen LogP contribution in [0.25, 0.3) is 0 Å². The molecule has 0 atom stereocenters. The van der Waals surface area contributed by atoms with E-state index in [1.165, 1.54) is 25.7 Å². The molecule has 9 heavy (non-hydrogen) atoms. The molecule has 0 amide bonds. The Morgan fingerprint density at radius 2 is 2.00 bits per heavy atom. The second-order valence-corrected chi connectivity index (χ2v) is 3.20. The van der Waals surface area contributed by atoms with E-state index in [2.05, 4.69) is 6.58 Å². The molecule has 1 saturated carbocycles. The molecule has 1 aliphatic heterocycles. The van der Waals surface area contributed by atoms with Crippen LogP contribution in [0.4, 0.5) is 0 Å². The first-order chi connectivity index (χ1) is 4.33. The van der Waals surface area contributed by atoms with Crippen LogP contribution in [0.3, 0.4) is 0 Å². The number of rotatable bonds is 0. The van der Waals surface area contributed by atoms with Gasteiger partial charge in [0.2, 0.25) is 0 Å². The molecule has 2 fully saturated rings. The highest BCUT2D eigenvalue weighted by Gasteiger charge is 2.45. The van der Waals surface area contributed by atoms with Crippen LogP contribution < -0.4 is 0 Å². The van der Waals surface area contributed by atoms with Crippen molar-refractivity contribution >= 4 is 0 Å². The molecule has 0 aromatic heterocycles. The maximum atomic E-state index is 5.17. The summed E-state index contributed by atoms with van der Waals surface area (Å²) in [7, 11) is 0. The average Bonchev–Trinajstić information content (AvgIpc) is 2.34. The standard InChI is InChI=1S/C8H12O/c1-7-8(6-9-7)4-2-3-5-8/h1-6H2. The van der Waals surface area contributed by atoms with E-state index >= 15 is 0 Å². The maximum absolute atomic E-state index is 5.17. The first kappa shape index (κ1) is 5.33. The summed E-state index contributed by atoms with van der Waals surface area (Å²) < 4.78 is 5.17. The fourth-order valence-electron chi connectivity index (χ4n) is 1.85. The van der Waals surface area contributed by atoms with Gasteiger partial charge >= 0.3 is 0 Å². The zero-order chi connectivity index (χ0) is 6.32. The minimum absolute atomic E-state index is 0.458. The van der Waals surface area contributed by atoms with Crippen molar-refractivity contribution in [3.63, 3.8) is 0 Å². The van der Waals surface area contributed by atoms with Crippen molar-refractivity contribution in [2.75, 3.05) is 6.61 Å². The molecule has 2 rings (SSSR count). The monoisotopic (exact) mass is 124 g/mol. The van der Waals surface area contributed by atoms with E-state index in [4.69, 9.17) is 4.74 Å². The van der Waals surface area contributed by atoms with E-state index in [9.17, 15) is 0 Å². The third-order valence-electron chi connectivity index (χ3n) is 2.67. The summed E-state index contributed by atoms with van der Waals surface area (Å²) in [5.41, 5.74) is 0.458. The van der Waals surface area contributed by atoms with Crippen molar-refractivity contribution in [2.45, 2.75) is 25.7 Å². The highest BCUT2D eigenvalue weighted by atomic mass is 16.5. The molecule has 2 aliphatic rings.